The Bertz CT molecular complexity index is 423. The molecule has 19 heavy (non-hydrogen) atoms. The lowest BCUT2D eigenvalue weighted by molar-refractivity contribution is -0.111. The Morgan fingerprint density at radius 3 is 2.32 bits per heavy atom. The molecule has 0 radical (unpaired) electrons. The number of benzene rings is 1. The van der Waals surface area contributed by atoms with Crippen LogP contribution in [0.1, 0.15) is 29.6 Å². The maximum atomic E-state index is 12.5. The number of rotatable bonds is 8. The molecule has 2 unspecified atom stereocenters. The number of carbonyl (C=O) groups excluding carboxylic acids is 2. The van der Waals surface area contributed by atoms with Gasteiger partial charge in [-0.05, 0) is 24.4 Å². The smallest absolute Gasteiger partial charge is 0.221 e. The molecule has 0 bridgehead atoms. The largest absolute Gasteiger partial charge is 0.294 e. The molecule has 1 aromatic carbocycles. The molecule has 104 valence electrons. The molecular formula is C14H15Br2ClO2. The van der Waals surface area contributed by atoms with E-state index in [4.69, 9.17) is 11.6 Å². The molecule has 0 spiro atoms. The van der Waals surface area contributed by atoms with Crippen LogP contribution in [0.25, 0.3) is 0 Å². The molecule has 2 atom stereocenters. The van der Waals surface area contributed by atoms with E-state index < -0.39 is 0 Å². The summed E-state index contributed by atoms with van der Waals surface area (Å²) in [4.78, 5) is 23.2. The van der Waals surface area contributed by atoms with Crippen LogP contribution in [0.15, 0.2) is 30.3 Å². The van der Waals surface area contributed by atoms with Gasteiger partial charge in [-0.15, -0.1) is 0 Å². The molecule has 0 aromatic heterocycles. The highest BCUT2D eigenvalue weighted by Crippen LogP contribution is 2.26. The minimum Gasteiger partial charge on any atom is -0.294 e. The van der Waals surface area contributed by atoms with Gasteiger partial charge in [0, 0.05) is 28.1 Å². The quantitative estimate of drug-likeness (QED) is 0.357. The molecule has 0 aliphatic rings. The van der Waals surface area contributed by atoms with Crippen molar-refractivity contribution >= 4 is 54.5 Å². The van der Waals surface area contributed by atoms with E-state index in [0.29, 0.717) is 12.0 Å². The molecule has 1 aromatic rings. The summed E-state index contributed by atoms with van der Waals surface area (Å²) in [5.41, 5.74) is 0.704. The highest BCUT2D eigenvalue weighted by molar-refractivity contribution is 9.09. The summed E-state index contributed by atoms with van der Waals surface area (Å²) < 4.78 is 0. The Morgan fingerprint density at radius 1 is 1.16 bits per heavy atom. The second-order valence-corrected chi connectivity index (χ2v) is 6.61. The van der Waals surface area contributed by atoms with E-state index in [2.05, 4.69) is 31.9 Å². The molecule has 0 heterocycles. The molecule has 2 nitrogen and oxygen atoms in total. The summed E-state index contributed by atoms with van der Waals surface area (Å²) in [6.07, 6.45) is 1.57. The summed E-state index contributed by atoms with van der Waals surface area (Å²) in [7, 11) is 0. The normalized spacial score (nSPS) is 13.8. The fraction of sp³-hybridized carbons (Fsp3) is 0.429. The summed E-state index contributed by atoms with van der Waals surface area (Å²) in [6.45, 7) is 0. The Kier molecular flexibility index (Phi) is 7.88. The van der Waals surface area contributed by atoms with Gasteiger partial charge in [0.05, 0.1) is 0 Å². The zero-order valence-corrected chi connectivity index (χ0v) is 14.2. The zero-order valence-electron chi connectivity index (χ0n) is 10.3. The molecular weight excluding hydrogens is 395 g/mol. The van der Waals surface area contributed by atoms with Crippen molar-refractivity contribution in [1.82, 2.24) is 0 Å². The number of carbonyl (C=O) groups is 2. The van der Waals surface area contributed by atoms with Gasteiger partial charge in [0.15, 0.2) is 5.78 Å². The van der Waals surface area contributed by atoms with Gasteiger partial charge in [-0.2, -0.15) is 0 Å². The van der Waals surface area contributed by atoms with Crippen LogP contribution in [-0.4, -0.2) is 21.2 Å². The van der Waals surface area contributed by atoms with E-state index in [0.717, 1.165) is 11.8 Å². The molecule has 5 heteroatoms. The average molecular weight is 411 g/mol. The molecule has 0 fully saturated rings. The van der Waals surface area contributed by atoms with Crippen LogP contribution in [0.3, 0.4) is 0 Å². The van der Waals surface area contributed by atoms with Gasteiger partial charge in [-0.25, -0.2) is 0 Å². The van der Waals surface area contributed by atoms with E-state index in [1.165, 1.54) is 0 Å². The second-order valence-electron chi connectivity index (χ2n) is 4.22. The molecule has 0 N–H and O–H groups in total. The Labute approximate surface area is 135 Å². The van der Waals surface area contributed by atoms with Crippen molar-refractivity contribution in [1.29, 1.82) is 0 Å². The van der Waals surface area contributed by atoms with Gasteiger partial charge in [-0.3, -0.25) is 9.59 Å². The lowest BCUT2D eigenvalue weighted by Crippen LogP contribution is -2.25. The number of hydrogen-bond acceptors (Lipinski definition) is 2. The monoisotopic (exact) mass is 408 g/mol. The van der Waals surface area contributed by atoms with Crippen molar-refractivity contribution in [2.45, 2.75) is 24.1 Å². The number of Topliss-reactive ketones (excluding diaryl/α,β-unsaturated/α-hetero) is 1. The Hall–Kier alpha value is -0.190. The summed E-state index contributed by atoms with van der Waals surface area (Å²) in [5, 5.41) is 0.377. The first kappa shape index (κ1) is 16.9. The SMILES string of the molecule is O=C(Cl)CCC(Br)C(CCBr)C(=O)c1ccccc1. The van der Waals surface area contributed by atoms with Gasteiger partial charge in [0.1, 0.15) is 0 Å². The predicted molar refractivity (Wildman–Crippen MR) is 85.5 cm³/mol. The van der Waals surface area contributed by atoms with Crippen molar-refractivity contribution in [3.63, 3.8) is 0 Å². The molecule has 0 aliphatic heterocycles. The van der Waals surface area contributed by atoms with Crippen LogP contribution in [0.4, 0.5) is 0 Å². The Morgan fingerprint density at radius 2 is 1.79 bits per heavy atom. The van der Waals surface area contributed by atoms with Gasteiger partial charge in [0.25, 0.3) is 0 Å². The van der Waals surface area contributed by atoms with Crippen molar-refractivity contribution in [3.05, 3.63) is 35.9 Å². The van der Waals surface area contributed by atoms with Crippen LogP contribution >= 0.6 is 43.5 Å². The Balaban J connectivity index is 2.76. The first-order valence-corrected chi connectivity index (χ1v) is 8.45. The van der Waals surface area contributed by atoms with Crippen molar-refractivity contribution in [3.8, 4) is 0 Å². The number of hydrogen-bond donors (Lipinski definition) is 0. The van der Waals surface area contributed by atoms with E-state index >= 15 is 0 Å². The van der Waals surface area contributed by atoms with Crippen molar-refractivity contribution < 1.29 is 9.59 Å². The summed E-state index contributed by atoms with van der Waals surface area (Å²) >= 11 is 12.2. The average Bonchev–Trinajstić information content (AvgIpc) is 2.42. The first-order valence-electron chi connectivity index (χ1n) is 6.04. The number of halogens is 3. The number of ketones is 1. The molecule has 0 amide bonds. The lowest BCUT2D eigenvalue weighted by Gasteiger charge is -2.20. The third-order valence-electron chi connectivity index (χ3n) is 2.87. The molecule has 0 saturated carbocycles. The lowest BCUT2D eigenvalue weighted by atomic mass is 9.90. The summed E-state index contributed by atoms with van der Waals surface area (Å²) in [6, 6.07) is 9.22. The van der Waals surface area contributed by atoms with Crippen LogP contribution in [-0.2, 0) is 4.79 Å². The second kappa shape index (κ2) is 8.88. The van der Waals surface area contributed by atoms with Crippen molar-refractivity contribution in [2.75, 3.05) is 5.33 Å². The zero-order chi connectivity index (χ0) is 14.3. The first-order chi connectivity index (χ1) is 9.06. The molecule has 0 aliphatic carbocycles. The van der Waals surface area contributed by atoms with E-state index in [-0.39, 0.29) is 28.2 Å². The minimum atomic E-state index is -0.366. The number of alkyl halides is 2. The van der Waals surface area contributed by atoms with Gasteiger partial charge >= 0.3 is 0 Å². The van der Waals surface area contributed by atoms with E-state index in [1.807, 2.05) is 30.3 Å². The van der Waals surface area contributed by atoms with Gasteiger partial charge in [-0.1, -0.05) is 62.2 Å². The summed E-state index contributed by atoms with van der Waals surface area (Å²) in [5.74, 6) is -0.0539. The highest BCUT2D eigenvalue weighted by atomic mass is 79.9. The minimum absolute atomic E-state index is 0.0412. The predicted octanol–water partition coefficient (Wildman–Crippen LogP) is 4.58. The van der Waals surface area contributed by atoms with Crippen molar-refractivity contribution in [2.24, 2.45) is 5.92 Å². The molecule has 1 rings (SSSR count). The maximum Gasteiger partial charge on any atom is 0.221 e. The van der Waals surface area contributed by atoms with Crippen LogP contribution < -0.4 is 0 Å². The highest BCUT2D eigenvalue weighted by Gasteiger charge is 2.26. The standard InChI is InChI=1S/C14H15Br2ClO2/c15-9-8-11(12(16)6-7-13(17)18)14(19)10-4-2-1-3-5-10/h1-5,11-12H,6-9H2. The third kappa shape index (κ3) is 5.76. The van der Waals surface area contributed by atoms with E-state index in [1.54, 1.807) is 0 Å². The third-order valence-corrected chi connectivity index (χ3v) is 4.61. The fourth-order valence-electron chi connectivity index (χ4n) is 1.86. The topological polar surface area (TPSA) is 34.1 Å². The van der Waals surface area contributed by atoms with Crippen LogP contribution in [0.2, 0.25) is 0 Å². The van der Waals surface area contributed by atoms with E-state index in [9.17, 15) is 9.59 Å². The fourth-order valence-corrected chi connectivity index (χ4v) is 3.20. The van der Waals surface area contributed by atoms with Crippen LogP contribution in [0.5, 0.6) is 0 Å². The van der Waals surface area contributed by atoms with Crippen LogP contribution in [0, 0.1) is 5.92 Å². The maximum absolute atomic E-state index is 12.5. The van der Waals surface area contributed by atoms with Gasteiger partial charge in [0.2, 0.25) is 5.24 Å². The van der Waals surface area contributed by atoms with Gasteiger partial charge < -0.3 is 0 Å². The molecule has 0 saturated heterocycles.